The van der Waals surface area contributed by atoms with Crippen LogP contribution in [0.25, 0.3) is 0 Å². The van der Waals surface area contributed by atoms with E-state index in [0.717, 1.165) is 6.07 Å². The molecule has 2 aromatic carbocycles. The van der Waals surface area contributed by atoms with Gasteiger partial charge in [0.05, 0.1) is 16.4 Å². The van der Waals surface area contributed by atoms with Crippen molar-refractivity contribution in [2.45, 2.75) is 0 Å². The monoisotopic (exact) mass is 272 g/mol. The molecular weight excluding hydrogens is 265 g/mol. The van der Waals surface area contributed by atoms with Crippen molar-refractivity contribution in [2.24, 2.45) is 0 Å². The summed E-state index contributed by atoms with van der Waals surface area (Å²) in [6, 6.07) is 5.76. The molecule has 18 heavy (non-hydrogen) atoms. The summed E-state index contributed by atoms with van der Waals surface area (Å²) in [5.41, 5.74) is 5.89. The number of halogens is 4. The third-order valence-electron chi connectivity index (χ3n) is 2.26. The number of anilines is 3. The minimum atomic E-state index is -1.27. The fraction of sp³-hybridized carbons (Fsp3) is 0. The lowest BCUT2D eigenvalue weighted by molar-refractivity contribution is 0.498. The predicted molar refractivity (Wildman–Crippen MR) is 65.5 cm³/mol. The molecule has 0 aliphatic heterocycles. The van der Waals surface area contributed by atoms with Crippen molar-refractivity contribution in [3.05, 3.63) is 52.8 Å². The maximum absolute atomic E-state index is 13.4. The Morgan fingerprint density at radius 2 is 1.72 bits per heavy atom. The minimum Gasteiger partial charge on any atom is -0.399 e. The number of nitrogens with two attached hydrogens (primary N) is 1. The van der Waals surface area contributed by atoms with Gasteiger partial charge in [-0.05, 0) is 18.2 Å². The maximum atomic E-state index is 13.4. The van der Waals surface area contributed by atoms with E-state index in [0.29, 0.717) is 17.4 Å². The van der Waals surface area contributed by atoms with Crippen LogP contribution in [-0.4, -0.2) is 0 Å². The second kappa shape index (κ2) is 4.78. The molecule has 3 N–H and O–H groups in total. The average Bonchev–Trinajstić information content (AvgIpc) is 2.29. The van der Waals surface area contributed by atoms with Gasteiger partial charge < -0.3 is 11.1 Å². The number of nitrogens with one attached hydrogen (secondary N) is 1. The highest BCUT2D eigenvalue weighted by Gasteiger charge is 2.12. The van der Waals surface area contributed by atoms with Crippen LogP contribution in [0, 0.1) is 17.5 Å². The van der Waals surface area contributed by atoms with E-state index in [-0.39, 0.29) is 10.7 Å². The van der Waals surface area contributed by atoms with E-state index in [1.54, 1.807) is 0 Å². The van der Waals surface area contributed by atoms with Crippen LogP contribution in [0.5, 0.6) is 0 Å². The van der Waals surface area contributed by atoms with Crippen molar-refractivity contribution in [1.82, 2.24) is 0 Å². The van der Waals surface area contributed by atoms with Crippen molar-refractivity contribution in [1.29, 1.82) is 0 Å². The standard InChI is InChI=1S/C12H8ClF3N2/c13-8-5-7(17)1-2-10(8)18-11-4-6(14)3-9(15)12(11)16/h1-5,18H,17H2. The van der Waals surface area contributed by atoms with Gasteiger partial charge in [-0.3, -0.25) is 0 Å². The molecule has 0 heterocycles. The molecule has 0 unspecified atom stereocenters. The van der Waals surface area contributed by atoms with Gasteiger partial charge >= 0.3 is 0 Å². The fourth-order valence-corrected chi connectivity index (χ4v) is 1.66. The van der Waals surface area contributed by atoms with Crippen LogP contribution in [0.3, 0.4) is 0 Å². The Kier molecular flexibility index (Phi) is 3.34. The van der Waals surface area contributed by atoms with Crippen LogP contribution >= 0.6 is 11.6 Å². The Bertz CT molecular complexity index is 602. The van der Waals surface area contributed by atoms with Crippen LogP contribution < -0.4 is 11.1 Å². The molecule has 0 saturated heterocycles. The van der Waals surface area contributed by atoms with Gasteiger partial charge in [-0.1, -0.05) is 11.6 Å². The number of nitrogen functional groups attached to an aromatic ring is 1. The Labute approximate surface area is 106 Å². The van der Waals surface area contributed by atoms with Gasteiger partial charge in [0, 0.05) is 17.8 Å². The summed E-state index contributed by atoms with van der Waals surface area (Å²) in [5.74, 6) is -3.34. The largest absolute Gasteiger partial charge is 0.399 e. The summed E-state index contributed by atoms with van der Waals surface area (Å²) in [4.78, 5) is 0. The number of hydrogen-bond acceptors (Lipinski definition) is 2. The molecule has 2 rings (SSSR count). The first-order valence-corrected chi connectivity index (χ1v) is 5.32. The zero-order valence-corrected chi connectivity index (χ0v) is 9.73. The minimum absolute atomic E-state index is 0.221. The average molecular weight is 273 g/mol. The summed E-state index contributed by atoms with van der Waals surface area (Å²) in [6.07, 6.45) is 0. The lowest BCUT2D eigenvalue weighted by Gasteiger charge is -2.10. The Balaban J connectivity index is 2.40. The third-order valence-corrected chi connectivity index (χ3v) is 2.57. The molecule has 0 atom stereocenters. The van der Waals surface area contributed by atoms with Crippen molar-refractivity contribution in [2.75, 3.05) is 11.1 Å². The highest BCUT2D eigenvalue weighted by atomic mass is 35.5. The Morgan fingerprint density at radius 1 is 1.00 bits per heavy atom. The quantitative estimate of drug-likeness (QED) is 0.638. The molecule has 0 radical (unpaired) electrons. The van der Waals surface area contributed by atoms with Crippen molar-refractivity contribution in [3.63, 3.8) is 0 Å². The molecule has 6 heteroatoms. The zero-order valence-electron chi connectivity index (χ0n) is 8.98. The molecule has 0 fully saturated rings. The number of benzene rings is 2. The van der Waals surface area contributed by atoms with Gasteiger partial charge in [0.15, 0.2) is 11.6 Å². The molecule has 2 aromatic rings. The lowest BCUT2D eigenvalue weighted by Crippen LogP contribution is -1.99. The molecular formula is C12H8ClF3N2. The summed E-state index contributed by atoms with van der Waals surface area (Å²) in [7, 11) is 0. The second-order valence-electron chi connectivity index (χ2n) is 3.61. The van der Waals surface area contributed by atoms with Gasteiger partial charge in [0.25, 0.3) is 0 Å². The summed E-state index contributed by atoms with van der Waals surface area (Å²) in [5, 5.41) is 2.73. The smallest absolute Gasteiger partial charge is 0.182 e. The van der Waals surface area contributed by atoms with Crippen LogP contribution in [0.2, 0.25) is 5.02 Å². The van der Waals surface area contributed by atoms with Crippen molar-refractivity contribution >= 4 is 28.7 Å². The van der Waals surface area contributed by atoms with E-state index < -0.39 is 17.5 Å². The van der Waals surface area contributed by atoms with Crippen LogP contribution in [0.1, 0.15) is 0 Å². The molecule has 0 spiro atoms. The van der Waals surface area contributed by atoms with E-state index in [2.05, 4.69) is 5.32 Å². The van der Waals surface area contributed by atoms with Crippen LogP contribution in [-0.2, 0) is 0 Å². The first kappa shape index (κ1) is 12.6. The van der Waals surface area contributed by atoms with Gasteiger partial charge in [-0.2, -0.15) is 0 Å². The van der Waals surface area contributed by atoms with E-state index in [4.69, 9.17) is 17.3 Å². The summed E-state index contributed by atoms with van der Waals surface area (Å²) < 4.78 is 39.4. The Morgan fingerprint density at radius 3 is 2.39 bits per heavy atom. The molecule has 0 bridgehead atoms. The SMILES string of the molecule is Nc1ccc(Nc2cc(F)cc(F)c2F)c(Cl)c1. The molecule has 0 aliphatic carbocycles. The second-order valence-corrected chi connectivity index (χ2v) is 4.02. The zero-order chi connectivity index (χ0) is 13.3. The normalized spacial score (nSPS) is 10.4. The van der Waals surface area contributed by atoms with Crippen LogP contribution in [0.15, 0.2) is 30.3 Å². The van der Waals surface area contributed by atoms with E-state index in [9.17, 15) is 13.2 Å². The topological polar surface area (TPSA) is 38.0 Å². The number of hydrogen-bond donors (Lipinski definition) is 2. The first-order chi connectivity index (χ1) is 8.47. The highest BCUT2D eigenvalue weighted by Crippen LogP contribution is 2.29. The van der Waals surface area contributed by atoms with E-state index in [1.165, 1.54) is 18.2 Å². The molecule has 0 aliphatic rings. The van der Waals surface area contributed by atoms with Gasteiger partial charge in [-0.25, -0.2) is 13.2 Å². The predicted octanol–water partition coefficient (Wildman–Crippen LogP) is 4.08. The Hall–Kier alpha value is -1.88. The van der Waals surface area contributed by atoms with Gasteiger partial charge in [0.1, 0.15) is 5.82 Å². The fourth-order valence-electron chi connectivity index (χ4n) is 1.42. The van der Waals surface area contributed by atoms with Crippen molar-refractivity contribution in [3.8, 4) is 0 Å². The highest BCUT2D eigenvalue weighted by molar-refractivity contribution is 6.33. The molecule has 0 saturated carbocycles. The van der Waals surface area contributed by atoms with E-state index in [1.807, 2.05) is 0 Å². The van der Waals surface area contributed by atoms with Crippen molar-refractivity contribution < 1.29 is 13.2 Å². The lowest BCUT2D eigenvalue weighted by atomic mass is 10.2. The van der Waals surface area contributed by atoms with Gasteiger partial charge in [0.2, 0.25) is 0 Å². The number of rotatable bonds is 2. The third kappa shape index (κ3) is 2.51. The van der Waals surface area contributed by atoms with Crippen LogP contribution in [0.4, 0.5) is 30.2 Å². The van der Waals surface area contributed by atoms with E-state index >= 15 is 0 Å². The molecule has 0 aromatic heterocycles. The maximum Gasteiger partial charge on any atom is 0.182 e. The summed E-state index contributed by atoms with van der Waals surface area (Å²) >= 11 is 5.86. The summed E-state index contributed by atoms with van der Waals surface area (Å²) in [6.45, 7) is 0. The molecule has 0 amide bonds. The first-order valence-electron chi connectivity index (χ1n) is 4.94. The molecule has 2 nitrogen and oxygen atoms in total. The van der Waals surface area contributed by atoms with Gasteiger partial charge in [-0.15, -0.1) is 0 Å². The molecule has 94 valence electrons.